The fourth-order valence-electron chi connectivity index (χ4n) is 2.33. The summed E-state index contributed by atoms with van der Waals surface area (Å²) in [5.41, 5.74) is 1.15. The maximum absolute atomic E-state index is 12.4. The van der Waals surface area contributed by atoms with E-state index < -0.39 is 0 Å². The zero-order valence-corrected chi connectivity index (χ0v) is 13.8. The molecule has 6 heteroatoms. The molecule has 1 fully saturated rings. The van der Waals surface area contributed by atoms with E-state index in [1.807, 2.05) is 40.9 Å². The molecule has 1 N–H and O–H groups in total. The van der Waals surface area contributed by atoms with Crippen molar-refractivity contribution in [2.75, 3.05) is 44.9 Å². The van der Waals surface area contributed by atoms with Gasteiger partial charge >= 0.3 is 0 Å². The first kappa shape index (κ1) is 16.6. The van der Waals surface area contributed by atoms with Crippen molar-refractivity contribution in [1.82, 2.24) is 10.2 Å². The number of halogens is 1. The summed E-state index contributed by atoms with van der Waals surface area (Å²) in [4.78, 5) is 14.4. The van der Waals surface area contributed by atoms with Crippen LogP contribution in [-0.4, -0.2) is 55.7 Å². The second-order valence-electron chi connectivity index (χ2n) is 4.90. The lowest BCUT2D eigenvalue weighted by molar-refractivity contribution is -0.132. The standard InChI is InChI=1S/C15H21ClN2O2S/c1-20-8-6-17-10-15(19)18-7-9-21-11-14(18)12-2-4-13(16)5-3-12/h2-5,14,17H,6-11H2,1H3. The minimum Gasteiger partial charge on any atom is -0.383 e. The van der Waals surface area contributed by atoms with Gasteiger partial charge in [0.2, 0.25) is 5.91 Å². The molecule has 1 amide bonds. The monoisotopic (exact) mass is 328 g/mol. The van der Waals surface area contributed by atoms with Gasteiger partial charge in [0, 0.05) is 36.7 Å². The number of methoxy groups -OCH3 is 1. The minimum atomic E-state index is 0.137. The van der Waals surface area contributed by atoms with Gasteiger partial charge in [0.05, 0.1) is 19.2 Å². The van der Waals surface area contributed by atoms with Crippen LogP contribution in [0.15, 0.2) is 24.3 Å². The van der Waals surface area contributed by atoms with E-state index in [0.29, 0.717) is 19.7 Å². The summed E-state index contributed by atoms with van der Waals surface area (Å²) < 4.78 is 4.97. The number of hydrogen-bond acceptors (Lipinski definition) is 4. The van der Waals surface area contributed by atoms with Crippen molar-refractivity contribution < 1.29 is 9.53 Å². The molecule has 1 aromatic rings. The lowest BCUT2D eigenvalue weighted by atomic mass is 10.1. The van der Waals surface area contributed by atoms with Gasteiger partial charge in [0.15, 0.2) is 0 Å². The first-order valence-electron chi connectivity index (χ1n) is 7.04. The van der Waals surface area contributed by atoms with Crippen LogP contribution in [-0.2, 0) is 9.53 Å². The van der Waals surface area contributed by atoms with E-state index in [0.717, 1.165) is 28.6 Å². The van der Waals surface area contributed by atoms with Gasteiger partial charge in [-0.1, -0.05) is 23.7 Å². The van der Waals surface area contributed by atoms with Crippen molar-refractivity contribution in [3.63, 3.8) is 0 Å². The smallest absolute Gasteiger partial charge is 0.237 e. The van der Waals surface area contributed by atoms with E-state index in [4.69, 9.17) is 16.3 Å². The molecule has 116 valence electrons. The van der Waals surface area contributed by atoms with Gasteiger partial charge in [-0.2, -0.15) is 11.8 Å². The molecule has 0 spiro atoms. The van der Waals surface area contributed by atoms with Crippen molar-refractivity contribution in [2.24, 2.45) is 0 Å². The average Bonchev–Trinajstić information content (AvgIpc) is 2.52. The van der Waals surface area contributed by atoms with Crippen LogP contribution in [0.2, 0.25) is 5.02 Å². The first-order valence-corrected chi connectivity index (χ1v) is 8.58. The summed E-state index contributed by atoms with van der Waals surface area (Å²) in [6, 6.07) is 7.93. The number of hydrogen-bond donors (Lipinski definition) is 1. The molecule has 0 aromatic heterocycles. The van der Waals surface area contributed by atoms with Crippen molar-refractivity contribution in [3.05, 3.63) is 34.9 Å². The summed E-state index contributed by atoms with van der Waals surface area (Å²) in [5, 5.41) is 3.84. The van der Waals surface area contributed by atoms with Crippen LogP contribution in [0.5, 0.6) is 0 Å². The van der Waals surface area contributed by atoms with Gasteiger partial charge in [-0.25, -0.2) is 0 Å². The fourth-order valence-corrected chi connectivity index (χ4v) is 3.55. The number of amides is 1. The van der Waals surface area contributed by atoms with Crippen LogP contribution in [0.3, 0.4) is 0 Å². The molecular weight excluding hydrogens is 308 g/mol. The third kappa shape index (κ3) is 4.88. The molecule has 0 aliphatic carbocycles. The topological polar surface area (TPSA) is 41.6 Å². The zero-order valence-electron chi connectivity index (χ0n) is 12.2. The first-order chi connectivity index (χ1) is 10.2. The van der Waals surface area contributed by atoms with Crippen LogP contribution < -0.4 is 5.32 Å². The predicted octanol–water partition coefficient (Wildman–Crippen LogP) is 2.19. The van der Waals surface area contributed by atoms with E-state index in [1.165, 1.54) is 0 Å². The van der Waals surface area contributed by atoms with Crippen LogP contribution in [0.25, 0.3) is 0 Å². The molecule has 0 radical (unpaired) electrons. The van der Waals surface area contributed by atoms with Crippen molar-refractivity contribution in [3.8, 4) is 0 Å². The molecule has 4 nitrogen and oxygen atoms in total. The number of thioether (sulfide) groups is 1. The molecule has 0 saturated carbocycles. The Kier molecular flexibility index (Phi) is 6.83. The number of rotatable bonds is 6. The third-order valence-electron chi connectivity index (χ3n) is 3.46. The lowest BCUT2D eigenvalue weighted by Crippen LogP contribution is -2.45. The number of ether oxygens (including phenoxy) is 1. The van der Waals surface area contributed by atoms with Gasteiger partial charge in [-0.3, -0.25) is 4.79 Å². The maximum Gasteiger partial charge on any atom is 0.237 e. The quantitative estimate of drug-likeness (QED) is 0.813. The second-order valence-corrected chi connectivity index (χ2v) is 6.49. The van der Waals surface area contributed by atoms with Crippen LogP contribution in [0.4, 0.5) is 0 Å². The Labute approximate surface area is 135 Å². The molecular formula is C15H21ClN2O2S. The molecule has 0 bridgehead atoms. The number of benzene rings is 1. The molecule has 2 rings (SSSR count). The summed E-state index contributed by atoms with van der Waals surface area (Å²) in [6.45, 7) is 2.46. The summed E-state index contributed by atoms with van der Waals surface area (Å²) in [7, 11) is 1.65. The van der Waals surface area contributed by atoms with Crippen molar-refractivity contribution >= 4 is 29.3 Å². The molecule has 21 heavy (non-hydrogen) atoms. The molecule has 1 atom stereocenters. The lowest BCUT2D eigenvalue weighted by Gasteiger charge is -2.36. The highest BCUT2D eigenvalue weighted by Crippen LogP contribution is 2.30. The second kappa shape index (κ2) is 8.63. The Morgan fingerprint density at radius 1 is 1.48 bits per heavy atom. The third-order valence-corrected chi connectivity index (χ3v) is 4.74. The predicted molar refractivity (Wildman–Crippen MR) is 88.0 cm³/mol. The number of carbonyl (C=O) groups is 1. The van der Waals surface area contributed by atoms with Gasteiger partial charge < -0.3 is 15.0 Å². The Bertz CT molecular complexity index is 455. The molecule has 1 aliphatic rings. The van der Waals surface area contributed by atoms with E-state index in [1.54, 1.807) is 7.11 Å². The highest BCUT2D eigenvalue weighted by molar-refractivity contribution is 7.99. The summed E-state index contributed by atoms with van der Waals surface area (Å²) in [6.07, 6.45) is 0. The minimum absolute atomic E-state index is 0.137. The highest BCUT2D eigenvalue weighted by atomic mass is 35.5. The molecule has 1 heterocycles. The highest BCUT2D eigenvalue weighted by Gasteiger charge is 2.27. The van der Waals surface area contributed by atoms with Gasteiger partial charge in [-0.15, -0.1) is 0 Å². The number of nitrogens with zero attached hydrogens (tertiary/aromatic N) is 1. The average molecular weight is 329 g/mol. The molecule has 1 saturated heterocycles. The van der Waals surface area contributed by atoms with Crippen molar-refractivity contribution in [2.45, 2.75) is 6.04 Å². The Morgan fingerprint density at radius 3 is 2.95 bits per heavy atom. The van der Waals surface area contributed by atoms with Crippen LogP contribution in [0, 0.1) is 0 Å². The van der Waals surface area contributed by atoms with Crippen LogP contribution in [0.1, 0.15) is 11.6 Å². The number of nitrogens with one attached hydrogen (secondary N) is 1. The van der Waals surface area contributed by atoms with E-state index in [9.17, 15) is 4.79 Å². The van der Waals surface area contributed by atoms with Crippen molar-refractivity contribution in [1.29, 1.82) is 0 Å². The Hall–Kier alpha value is -0.750. The zero-order chi connectivity index (χ0) is 15.1. The van der Waals surface area contributed by atoms with Gasteiger partial charge in [-0.05, 0) is 17.7 Å². The molecule has 1 unspecified atom stereocenters. The maximum atomic E-state index is 12.4. The largest absolute Gasteiger partial charge is 0.383 e. The Morgan fingerprint density at radius 2 is 2.24 bits per heavy atom. The van der Waals surface area contributed by atoms with Crippen LogP contribution >= 0.6 is 23.4 Å². The van der Waals surface area contributed by atoms with E-state index in [2.05, 4.69) is 5.32 Å². The van der Waals surface area contributed by atoms with Gasteiger partial charge in [0.1, 0.15) is 0 Å². The summed E-state index contributed by atoms with van der Waals surface area (Å²) >= 11 is 7.83. The molecule has 1 aromatic carbocycles. The summed E-state index contributed by atoms with van der Waals surface area (Å²) in [5.74, 6) is 2.07. The van der Waals surface area contributed by atoms with E-state index in [-0.39, 0.29) is 11.9 Å². The van der Waals surface area contributed by atoms with Gasteiger partial charge in [0.25, 0.3) is 0 Å². The Balaban J connectivity index is 1.98. The fraction of sp³-hybridized carbons (Fsp3) is 0.533. The molecule has 1 aliphatic heterocycles. The number of carbonyl (C=O) groups excluding carboxylic acids is 1. The normalized spacial score (nSPS) is 18.8. The SMILES string of the molecule is COCCNCC(=O)N1CCSCC1c1ccc(Cl)cc1. The van der Waals surface area contributed by atoms with E-state index >= 15 is 0 Å².